The Morgan fingerprint density at radius 2 is 1.62 bits per heavy atom. The molecule has 2 atom stereocenters. The van der Waals surface area contributed by atoms with Crippen LogP contribution in [0.4, 0.5) is 0 Å². The SMILES string of the molecule is CC(=O)N1CCC(C(=O)OCC(=O)N2C[C@H](C)O[C@@H](C)C2)(c2ccccc2)CC1. The number of carbonyl (C=O) groups is 3. The summed E-state index contributed by atoms with van der Waals surface area (Å²) in [6, 6.07) is 9.51. The molecule has 29 heavy (non-hydrogen) atoms. The predicted molar refractivity (Wildman–Crippen MR) is 107 cm³/mol. The zero-order chi connectivity index (χ0) is 21.0. The predicted octanol–water partition coefficient (Wildman–Crippen LogP) is 1.75. The number of piperidine rings is 1. The van der Waals surface area contributed by atoms with E-state index in [1.807, 2.05) is 44.2 Å². The summed E-state index contributed by atoms with van der Waals surface area (Å²) in [5.41, 5.74) is 0.0354. The highest BCUT2D eigenvalue weighted by Gasteiger charge is 2.45. The Morgan fingerprint density at radius 1 is 1.03 bits per heavy atom. The zero-order valence-corrected chi connectivity index (χ0v) is 17.4. The molecule has 1 aromatic rings. The summed E-state index contributed by atoms with van der Waals surface area (Å²) in [4.78, 5) is 40.9. The Morgan fingerprint density at radius 3 is 2.17 bits per heavy atom. The van der Waals surface area contributed by atoms with Crippen LogP contribution in [-0.4, -0.2) is 72.6 Å². The normalized spacial score (nSPS) is 24.1. The molecule has 0 saturated carbocycles. The Balaban J connectivity index is 1.69. The van der Waals surface area contributed by atoms with Gasteiger partial charge in [-0.3, -0.25) is 14.4 Å². The van der Waals surface area contributed by atoms with Gasteiger partial charge in [0.15, 0.2) is 6.61 Å². The summed E-state index contributed by atoms with van der Waals surface area (Å²) in [5.74, 6) is -0.592. The van der Waals surface area contributed by atoms with E-state index in [2.05, 4.69) is 0 Å². The van der Waals surface area contributed by atoms with Crippen LogP contribution >= 0.6 is 0 Å². The second kappa shape index (κ2) is 8.95. The summed E-state index contributed by atoms with van der Waals surface area (Å²) in [5, 5.41) is 0. The molecule has 7 nitrogen and oxygen atoms in total. The number of hydrogen-bond donors (Lipinski definition) is 0. The van der Waals surface area contributed by atoms with Gasteiger partial charge in [-0.15, -0.1) is 0 Å². The maximum Gasteiger partial charge on any atom is 0.317 e. The van der Waals surface area contributed by atoms with Gasteiger partial charge in [0.1, 0.15) is 0 Å². The van der Waals surface area contributed by atoms with Crippen molar-refractivity contribution in [2.24, 2.45) is 0 Å². The number of nitrogens with zero attached hydrogens (tertiary/aromatic N) is 2. The number of benzene rings is 1. The Kier molecular flexibility index (Phi) is 6.57. The minimum Gasteiger partial charge on any atom is -0.455 e. The molecule has 0 spiro atoms. The van der Waals surface area contributed by atoms with E-state index < -0.39 is 11.4 Å². The van der Waals surface area contributed by atoms with E-state index >= 15 is 0 Å². The summed E-state index contributed by atoms with van der Waals surface area (Å²) < 4.78 is 11.2. The van der Waals surface area contributed by atoms with Gasteiger partial charge in [-0.25, -0.2) is 0 Å². The highest BCUT2D eigenvalue weighted by atomic mass is 16.5. The molecular weight excluding hydrogens is 372 g/mol. The highest BCUT2D eigenvalue weighted by Crippen LogP contribution is 2.37. The molecule has 2 fully saturated rings. The monoisotopic (exact) mass is 402 g/mol. The fourth-order valence-corrected chi connectivity index (χ4v) is 4.31. The first-order chi connectivity index (χ1) is 13.8. The van der Waals surface area contributed by atoms with E-state index in [-0.39, 0.29) is 30.6 Å². The molecule has 0 aliphatic carbocycles. The van der Waals surface area contributed by atoms with Gasteiger partial charge in [-0.1, -0.05) is 30.3 Å². The van der Waals surface area contributed by atoms with Crippen LogP contribution < -0.4 is 0 Å². The third-order valence-corrected chi connectivity index (χ3v) is 5.88. The molecule has 0 radical (unpaired) electrons. The Bertz CT molecular complexity index is 733. The molecule has 2 saturated heterocycles. The van der Waals surface area contributed by atoms with Crippen LogP contribution in [0.15, 0.2) is 30.3 Å². The maximum absolute atomic E-state index is 13.2. The lowest BCUT2D eigenvalue weighted by Gasteiger charge is -2.40. The first kappa shape index (κ1) is 21.3. The van der Waals surface area contributed by atoms with Gasteiger partial charge >= 0.3 is 5.97 Å². The molecular formula is C22H30N2O5. The molecule has 1 aromatic carbocycles. The number of rotatable bonds is 4. The largest absolute Gasteiger partial charge is 0.455 e. The van der Waals surface area contributed by atoms with Crippen LogP contribution in [0.5, 0.6) is 0 Å². The third-order valence-electron chi connectivity index (χ3n) is 5.88. The van der Waals surface area contributed by atoms with E-state index in [0.29, 0.717) is 39.0 Å². The van der Waals surface area contributed by atoms with E-state index in [1.54, 1.807) is 9.80 Å². The topological polar surface area (TPSA) is 76.2 Å². The molecule has 2 heterocycles. The van der Waals surface area contributed by atoms with Gasteiger partial charge in [0.2, 0.25) is 5.91 Å². The number of esters is 1. The molecule has 0 unspecified atom stereocenters. The van der Waals surface area contributed by atoms with Crippen LogP contribution in [0.3, 0.4) is 0 Å². The van der Waals surface area contributed by atoms with Gasteiger partial charge in [0, 0.05) is 33.1 Å². The second-order valence-corrected chi connectivity index (χ2v) is 8.09. The highest BCUT2D eigenvalue weighted by molar-refractivity contribution is 5.87. The average molecular weight is 402 g/mol. The van der Waals surface area contributed by atoms with E-state index in [0.717, 1.165) is 5.56 Å². The first-order valence-electron chi connectivity index (χ1n) is 10.2. The van der Waals surface area contributed by atoms with Gasteiger partial charge in [0.25, 0.3) is 5.91 Å². The Labute approximate surface area is 171 Å². The van der Waals surface area contributed by atoms with Crippen molar-refractivity contribution >= 4 is 17.8 Å². The van der Waals surface area contributed by atoms with Crippen molar-refractivity contribution in [1.29, 1.82) is 0 Å². The van der Waals surface area contributed by atoms with Gasteiger partial charge in [0.05, 0.1) is 17.6 Å². The van der Waals surface area contributed by atoms with Crippen LogP contribution in [-0.2, 0) is 29.3 Å². The minimum atomic E-state index is -0.834. The quantitative estimate of drug-likeness (QED) is 0.717. The summed E-state index contributed by atoms with van der Waals surface area (Å²) in [6.07, 6.45) is 0.889. The smallest absolute Gasteiger partial charge is 0.317 e. The number of amides is 2. The first-order valence-corrected chi connectivity index (χ1v) is 10.2. The third kappa shape index (κ3) is 4.78. The number of hydrogen-bond acceptors (Lipinski definition) is 5. The summed E-state index contributed by atoms with van der Waals surface area (Å²) >= 11 is 0. The molecule has 2 aliphatic rings. The van der Waals surface area contributed by atoms with E-state index in [1.165, 1.54) is 6.92 Å². The average Bonchev–Trinajstić information content (AvgIpc) is 2.71. The summed E-state index contributed by atoms with van der Waals surface area (Å²) in [7, 11) is 0. The van der Waals surface area contributed by atoms with Crippen LogP contribution in [0.2, 0.25) is 0 Å². The van der Waals surface area contributed by atoms with E-state index in [9.17, 15) is 14.4 Å². The molecule has 0 N–H and O–H groups in total. The lowest BCUT2D eigenvalue weighted by Crippen LogP contribution is -2.51. The zero-order valence-electron chi connectivity index (χ0n) is 17.4. The number of carbonyl (C=O) groups excluding carboxylic acids is 3. The molecule has 0 aromatic heterocycles. The van der Waals surface area contributed by atoms with E-state index in [4.69, 9.17) is 9.47 Å². The Hall–Kier alpha value is -2.41. The van der Waals surface area contributed by atoms with Gasteiger partial charge < -0.3 is 19.3 Å². The fraction of sp³-hybridized carbons (Fsp3) is 0.591. The molecule has 2 amide bonds. The lowest BCUT2D eigenvalue weighted by atomic mass is 9.72. The van der Waals surface area contributed by atoms with Crippen molar-refractivity contribution in [2.45, 2.75) is 51.2 Å². The van der Waals surface area contributed by atoms with Gasteiger partial charge in [-0.2, -0.15) is 0 Å². The van der Waals surface area contributed by atoms with Crippen LogP contribution in [0.1, 0.15) is 39.2 Å². The summed E-state index contributed by atoms with van der Waals surface area (Å²) in [6.45, 7) is 7.10. The minimum absolute atomic E-state index is 0.00534. The van der Waals surface area contributed by atoms with Crippen molar-refractivity contribution in [3.8, 4) is 0 Å². The lowest BCUT2D eigenvalue weighted by molar-refractivity contribution is -0.162. The standard InChI is InChI=1S/C22H30N2O5/c1-16-13-24(14-17(2)29-16)20(26)15-28-21(27)22(19-7-5-4-6-8-19)9-11-23(12-10-22)18(3)25/h4-8,16-17H,9-15H2,1-3H3/t16-,17-/m0/s1. The number of morpholine rings is 1. The molecule has 3 rings (SSSR count). The van der Waals surface area contributed by atoms with Crippen molar-refractivity contribution < 1.29 is 23.9 Å². The number of ether oxygens (including phenoxy) is 2. The molecule has 0 bridgehead atoms. The van der Waals surface area contributed by atoms with Gasteiger partial charge in [-0.05, 0) is 32.3 Å². The number of likely N-dealkylation sites (tertiary alicyclic amines) is 1. The van der Waals surface area contributed by atoms with Crippen molar-refractivity contribution in [3.05, 3.63) is 35.9 Å². The molecule has 158 valence electrons. The molecule has 7 heteroatoms. The van der Waals surface area contributed by atoms with Crippen molar-refractivity contribution in [3.63, 3.8) is 0 Å². The van der Waals surface area contributed by atoms with Crippen molar-refractivity contribution in [1.82, 2.24) is 9.80 Å². The fourth-order valence-electron chi connectivity index (χ4n) is 4.31. The van der Waals surface area contributed by atoms with Crippen LogP contribution in [0.25, 0.3) is 0 Å². The molecule has 2 aliphatic heterocycles. The maximum atomic E-state index is 13.2. The second-order valence-electron chi connectivity index (χ2n) is 8.09. The van der Waals surface area contributed by atoms with Crippen molar-refractivity contribution in [2.75, 3.05) is 32.8 Å². The van der Waals surface area contributed by atoms with Crippen LogP contribution in [0, 0.1) is 0 Å².